The highest BCUT2D eigenvalue weighted by Crippen LogP contribution is 2.29. The molecule has 1 unspecified atom stereocenters. The molecule has 4 nitrogen and oxygen atoms in total. The fourth-order valence-corrected chi connectivity index (χ4v) is 3.42. The summed E-state index contributed by atoms with van der Waals surface area (Å²) < 4.78 is 5.94. The van der Waals surface area contributed by atoms with E-state index in [9.17, 15) is 4.79 Å². The van der Waals surface area contributed by atoms with Crippen LogP contribution in [0.3, 0.4) is 0 Å². The zero-order valence-electron chi connectivity index (χ0n) is 15.3. The largest absolute Gasteiger partial charge is 0.480 e. The molecule has 0 bridgehead atoms. The number of benzene rings is 2. The summed E-state index contributed by atoms with van der Waals surface area (Å²) in [5.41, 5.74) is 4.27. The lowest BCUT2D eigenvalue weighted by atomic mass is 10.1. The molecular weight excluding hydrogens is 336 g/mol. The van der Waals surface area contributed by atoms with Gasteiger partial charge in [0, 0.05) is 19.2 Å². The summed E-state index contributed by atoms with van der Waals surface area (Å²) in [4.78, 5) is 19.6. The van der Waals surface area contributed by atoms with Gasteiger partial charge in [-0.1, -0.05) is 48.5 Å². The number of pyridine rings is 1. The number of hydrogen-bond acceptors (Lipinski definition) is 3. The molecule has 4 heteroatoms. The van der Waals surface area contributed by atoms with Gasteiger partial charge in [0.1, 0.15) is 5.75 Å². The number of aryl methyl sites for hydroxylation is 1. The van der Waals surface area contributed by atoms with Crippen molar-refractivity contribution in [3.05, 3.63) is 95.3 Å². The van der Waals surface area contributed by atoms with Gasteiger partial charge in [-0.3, -0.25) is 9.78 Å². The summed E-state index contributed by atoms with van der Waals surface area (Å²) in [7, 11) is 0. The van der Waals surface area contributed by atoms with Crippen molar-refractivity contribution in [2.45, 2.75) is 32.5 Å². The SMILES string of the molecule is Cc1ccccc1CN(Cc1ccccn1)C(=O)C1Cc2ccccc2O1. The molecule has 27 heavy (non-hydrogen) atoms. The Hall–Kier alpha value is -3.14. The summed E-state index contributed by atoms with van der Waals surface area (Å²) >= 11 is 0. The first kappa shape index (κ1) is 17.3. The number of rotatable bonds is 5. The van der Waals surface area contributed by atoms with Crippen molar-refractivity contribution in [3.8, 4) is 5.75 Å². The molecule has 1 atom stereocenters. The van der Waals surface area contributed by atoms with E-state index in [0.717, 1.165) is 22.6 Å². The minimum absolute atomic E-state index is 0.0000983. The van der Waals surface area contributed by atoms with Crippen LogP contribution in [0, 0.1) is 6.92 Å². The van der Waals surface area contributed by atoms with Gasteiger partial charge >= 0.3 is 0 Å². The monoisotopic (exact) mass is 358 g/mol. The molecular formula is C23H22N2O2. The summed E-state index contributed by atoms with van der Waals surface area (Å²) in [5, 5.41) is 0. The highest BCUT2D eigenvalue weighted by Gasteiger charge is 2.32. The van der Waals surface area contributed by atoms with Crippen molar-refractivity contribution in [3.63, 3.8) is 0 Å². The van der Waals surface area contributed by atoms with Gasteiger partial charge in [-0.15, -0.1) is 0 Å². The van der Waals surface area contributed by atoms with Crippen molar-refractivity contribution in [2.24, 2.45) is 0 Å². The molecule has 3 aromatic rings. The predicted octanol–water partition coefficient (Wildman–Crippen LogP) is 3.92. The lowest BCUT2D eigenvalue weighted by Crippen LogP contribution is -2.40. The third-order valence-corrected chi connectivity index (χ3v) is 4.94. The fourth-order valence-electron chi connectivity index (χ4n) is 3.42. The maximum atomic E-state index is 13.3. The highest BCUT2D eigenvalue weighted by molar-refractivity contribution is 5.82. The van der Waals surface area contributed by atoms with E-state index in [2.05, 4.69) is 24.0 Å². The highest BCUT2D eigenvalue weighted by atomic mass is 16.5. The Balaban J connectivity index is 1.57. The second kappa shape index (κ2) is 7.62. The van der Waals surface area contributed by atoms with E-state index in [-0.39, 0.29) is 5.91 Å². The minimum Gasteiger partial charge on any atom is -0.480 e. The first-order chi connectivity index (χ1) is 13.2. The van der Waals surface area contributed by atoms with Crippen LogP contribution in [0.15, 0.2) is 72.9 Å². The zero-order valence-corrected chi connectivity index (χ0v) is 15.3. The maximum absolute atomic E-state index is 13.3. The van der Waals surface area contributed by atoms with Crippen molar-refractivity contribution < 1.29 is 9.53 Å². The van der Waals surface area contributed by atoms with E-state index in [1.807, 2.05) is 59.5 Å². The number of amides is 1. The normalized spacial score (nSPS) is 15.1. The predicted molar refractivity (Wildman–Crippen MR) is 104 cm³/mol. The van der Waals surface area contributed by atoms with Gasteiger partial charge in [-0.05, 0) is 41.8 Å². The molecule has 0 fully saturated rings. The molecule has 0 spiro atoms. The average Bonchev–Trinajstić information content (AvgIpc) is 3.13. The Kier molecular flexibility index (Phi) is 4.88. The molecule has 1 amide bonds. The van der Waals surface area contributed by atoms with E-state index in [4.69, 9.17) is 4.74 Å². The number of fused-ring (bicyclic) bond motifs is 1. The van der Waals surface area contributed by atoms with E-state index >= 15 is 0 Å². The van der Waals surface area contributed by atoms with Crippen LogP contribution in [0.5, 0.6) is 5.75 Å². The number of ether oxygens (including phenoxy) is 1. The van der Waals surface area contributed by atoms with Crippen LogP contribution >= 0.6 is 0 Å². The first-order valence-electron chi connectivity index (χ1n) is 9.18. The molecule has 0 saturated carbocycles. The third-order valence-electron chi connectivity index (χ3n) is 4.94. The number of carbonyl (C=O) groups is 1. The van der Waals surface area contributed by atoms with Gasteiger partial charge < -0.3 is 9.64 Å². The van der Waals surface area contributed by atoms with Gasteiger partial charge in [0.25, 0.3) is 5.91 Å². The smallest absolute Gasteiger partial charge is 0.264 e. The van der Waals surface area contributed by atoms with Crippen LogP contribution in [-0.4, -0.2) is 21.9 Å². The molecule has 2 heterocycles. The van der Waals surface area contributed by atoms with Gasteiger partial charge in [-0.2, -0.15) is 0 Å². The second-order valence-electron chi connectivity index (χ2n) is 6.86. The Morgan fingerprint density at radius 3 is 2.59 bits per heavy atom. The van der Waals surface area contributed by atoms with Gasteiger partial charge in [0.2, 0.25) is 0 Å². The van der Waals surface area contributed by atoms with Crippen LogP contribution in [0.25, 0.3) is 0 Å². The summed E-state index contributed by atoms with van der Waals surface area (Å²) in [6.07, 6.45) is 1.89. The lowest BCUT2D eigenvalue weighted by Gasteiger charge is -2.26. The van der Waals surface area contributed by atoms with Gasteiger partial charge in [-0.25, -0.2) is 0 Å². The van der Waals surface area contributed by atoms with Gasteiger partial charge in [0.15, 0.2) is 6.10 Å². The molecule has 1 aliphatic heterocycles. The fraction of sp³-hybridized carbons (Fsp3) is 0.217. The maximum Gasteiger partial charge on any atom is 0.264 e. The van der Waals surface area contributed by atoms with Crippen LogP contribution < -0.4 is 4.74 Å². The minimum atomic E-state index is -0.477. The third kappa shape index (κ3) is 3.85. The van der Waals surface area contributed by atoms with Crippen LogP contribution in [-0.2, 0) is 24.3 Å². The number of carbonyl (C=O) groups excluding carboxylic acids is 1. The topological polar surface area (TPSA) is 42.4 Å². The van der Waals surface area contributed by atoms with E-state index in [0.29, 0.717) is 19.5 Å². The van der Waals surface area contributed by atoms with Crippen molar-refractivity contribution in [1.82, 2.24) is 9.88 Å². The molecule has 136 valence electrons. The number of para-hydroxylation sites is 1. The van der Waals surface area contributed by atoms with Crippen molar-refractivity contribution >= 4 is 5.91 Å². The molecule has 0 saturated heterocycles. The average molecular weight is 358 g/mol. The number of hydrogen-bond donors (Lipinski definition) is 0. The molecule has 0 N–H and O–H groups in total. The summed E-state index contributed by atoms with van der Waals surface area (Å²) in [6.45, 7) is 3.07. The molecule has 1 aromatic heterocycles. The first-order valence-corrected chi connectivity index (χ1v) is 9.18. The van der Waals surface area contributed by atoms with Crippen molar-refractivity contribution in [1.29, 1.82) is 0 Å². The van der Waals surface area contributed by atoms with Crippen molar-refractivity contribution in [2.75, 3.05) is 0 Å². The summed E-state index contributed by atoms with van der Waals surface area (Å²) in [5.74, 6) is 0.810. The quantitative estimate of drug-likeness (QED) is 0.694. The molecule has 0 aliphatic carbocycles. The zero-order chi connectivity index (χ0) is 18.6. The van der Waals surface area contributed by atoms with E-state index < -0.39 is 6.10 Å². The number of nitrogens with zero attached hydrogens (tertiary/aromatic N) is 2. The molecule has 2 aromatic carbocycles. The van der Waals surface area contributed by atoms with E-state index in [1.54, 1.807) is 6.20 Å². The standard InChI is InChI=1S/C23H22N2O2/c1-17-8-2-3-10-19(17)15-25(16-20-11-6-7-13-24-20)23(26)22-14-18-9-4-5-12-21(18)27-22/h2-13,22H,14-16H2,1H3. The second-order valence-corrected chi connectivity index (χ2v) is 6.86. The molecule has 1 aliphatic rings. The Morgan fingerprint density at radius 1 is 1.04 bits per heavy atom. The number of aromatic nitrogens is 1. The Bertz CT molecular complexity index is 915. The van der Waals surface area contributed by atoms with E-state index in [1.165, 1.54) is 5.56 Å². The molecule has 0 radical (unpaired) electrons. The molecule has 4 rings (SSSR count). The lowest BCUT2D eigenvalue weighted by molar-refractivity contribution is -0.139. The Morgan fingerprint density at radius 2 is 1.81 bits per heavy atom. The summed E-state index contributed by atoms with van der Waals surface area (Å²) in [6, 6.07) is 21.8. The van der Waals surface area contributed by atoms with Crippen LogP contribution in [0.4, 0.5) is 0 Å². The van der Waals surface area contributed by atoms with Crippen LogP contribution in [0.2, 0.25) is 0 Å². The van der Waals surface area contributed by atoms with Gasteiger partial charge in [0.05, 0.1) is 12.2 Å². The van der Waals surface area contributed by atoms with Crippen LogP contribution in [0.1, 0.15) is 22.4 Å². The Labute approximate surface area is 159 Å².